The summed E-state index contributed by atoms with van der Waals surface area (Å²) in [5.41, 5.74) is 2.75. The summed E-state index contributed by atoms with van der Waals surface area (Å²) in [5.74, 6) is -0.00252. The summed E-state index contributed by atoms with van der Waals surface area (Å²) in [4.78, 5) is 12.1. The van der Waals surface area contributed by atoms with E-state index in [1.54, 1.807) is 11.8 Å². The summed E-state index contributed by atoms with van der Waals surface area (Å²) in [6.45, 7) is 6.86. The molecule has 0 aromatic heterocycles. The standard InChI is InChI=1S/C14H22N2OS/c1-10-8-11(15-4)6-7-12(10)13(17)16-9-14(2,3)18-5/h6-8,15H,9H2,1-5H3,(H,16,17). The highest BCUT2D eigenvalue weighted by Gasteiger charge is 2.18. The Morgan fingerprint density at radius 3 is 2.56 bits per heavy atom. The number of carbonyl (C=O) groups excluding carboxylic acids is 1. The van der Waals surface area contributed by atoms with Crippen LogP contribution < -0.4 is 10.6 Å². The van der Waals surface area contributed by atoms with Crippen LogP contribution in [0.5, 0.6) is 0 Å². The Balaban J connectivity index is 2.73. The molecule has 0 atom stereocenters. The fourth-order valence-corrected chi connectivity index (χ4v) is 1.75. The van der Waals surface area contributed by atoms with Crippen LogP contribution in [0, 0.1) is 6.92 Å². The van der Waals surface area contributed by atoms with Crippen LogP contribution in [0.25, 0.3) is 0 Å². The molecule has 3 nitrogen and oxygen atoms in total. The number of carbonyl (C=O) groups is 1. The zero-order valence-corrected chi connectivity index (χ0v) is 12.6. The van der Waals surface area contributed by atoms with Crippen LogP contribution in [-0.2, 0) is 0 Å². The number of nitrogens with one attached hydrogen (secondary N) is 2. The first-order chi connectivity index (χ1) is 8.39. The Hall–Kier alpha value is -1.16. The quantitative estimate of drug-likeness (QED) is 0.861. The second-order valence-corrected chi connectivity index (χ2v) is 6.44. The minimum absolute atomic E-state index is 0.00252. The summed E-state index contributed by atoms with van der Waals surface area (Å²) in [5, 5.41) is 6.05. The fourth-order valence-electron chi connectivity index (χ4n) is 1.53. The molecule has 1 amide bonds. The third-order valence-electron chi connectivity index (χ3n) is 2.99. The molecule has 18 heavy (non-hydrogen) atoms. The molecule has 4 heteroatoms. The molecular weight excluding hydrogens is 244 g/mol. The van der Waals surface area contributed by atoms with Crippen molar-refractivity contribution in [2.75, 3.05) is 25.2 Å². The number of hydrogen-bond donors (Lipinski definition) is 2. The summed E-state index contributed by atoms with van der Waals surface area (Å²) in [6.07, 6.45) is 2.05. The summed E-state index contributed by atoms with van der Waals surface area (Å²) in [6, 6.07) is 5.76. The molecule has 1 aromatic carbocycles. The van der Waals surface area contributed by atoms with Crippen molar-refractivity contribution < 1.29 is 4.79 Å². The van der Waals surface area contributed by atoms with Gasteiger partial charge in [-0.2, -0.15) is 11.8 Å². The SMILES string of the molecule is CNc1ccc(C(=O)NCC(C)(C)SC)c(C)c1. The molecule has 1 aromatic rings. The van der Waals surface area contributed by atoms with Crippen molar-refractivity contribution in [3.8, 4) is 0 Å². The van der Waals surface area contributed by atoms with Gasteiger partial charge in [0, 0.05) is 29.6 Å². The van der Waals surface area contributed by atoms with Gasteiger partial charge in [-0.25, -0.2) is 0 Å². The first-order valence-electron chi connectivity index (χ1n) is 6.01. The van der Waals surface area contributed by atoms with E-state index in [1.165, 1.54) is 0 Å². The number of benzene rings is 1. The first kappa shape index (κ1) is 14.9. The molecule has 0 aliphatic heterocycles. The van der Waals surface area contributed by atoms with Crippen LogP contribution in [0.15, 0.2) is 18.2 Å². The number of aryl methyl sites for hydroxylation is 1. The Morgan fingerprint density at radius 2 is 2.06 bits per heavy atom. The van der Waals surface area contributed by atoms with E-state index < -0.39 is 0 Å². The highest BCUT2D eigenvalue weighted by molar-refractivity contribution is 7.99. The normalized spacial score (nSPS) is 11.2. The van der Waals surface area contributed by atoms with Gasteiger partial charge in [0.2, 0.25) is 0 Å². The predicted octanol–water partition coefficient (Wildman–Crippen LogP) is 2.91. The fraction of sp³-hybridized carbons (Fsp3) is 0.500. The van der Waals surface area contributed by atoms with Crippen molar-refractivity contribution in [3.63, 3.8) is 0 Å². The zero-order valence-electron chi connectivity index (χ0n) is 11.8. The van der Waals surface area contributed by atoms with Gasteiger partial charge >= 0.3 is 0 Å². The van der Waals surface area contributed by atoms with Crippen molar-refractivity contribution in [2.45, 2.75) is 25.5 Å². The maximum atomic E-state index is 12.1. The average molecular weight is 266 g/mol. The lowest BCUT2D eigenvalue weighted by atomic mass is 10.1. The van der Waals surface area contributed by atoms with E-state index in [0.717, 1.165) is 16.8 Å². The first-order valence-corrected chi connectivity index (χ1v) is 7.24. The van der Waals surface area contributed by atoms with Crippen LogP contribution in [0.2, 0.25) is 0 Å². The van der Waals surface area contributed by atoms with Crippen LogP contribution in [0.1, 0.15) is 29.8 Å². The van der Waals surface area contributed by atoms with Crippen molar-refractivity contribution in [1.82, 2.24) is 5.32 Å². The monoisotopic (exact) mass is 266 g/mol. The Bertz CT molecular complexity index is 430. The Labute approximate surface area is 114 Å². The van der Waals surface area contributed by atoms with E-state index in [1.807, 2.05) is 32.2 Å². The molecule has 0 saturated heterocycles. The van der Waals surface area contributed by atoms with Crippen LogP contribution >= 0.6 is 11.8 Å². The van der Waals surface area contributed by atoms with E-state index in [9.17, 15) is 4.79 Å². The van der Waals surface area contributed by atoms with Gasteiger partial charge < -0.3 is 10.6 Å². The van der Waals surface area contributed by atoms with Crippen LogP contribution in [0.4, 0.5) is 5.69 Å². The zero-order chi connectivity index (χ0) is 13.8. The Morgan fingerprint density at radius 1 is 1.39 bits per heavy atom. The topological polar surface area (TPSA) is 41.1 Å². The minimum atomic E-state index is -0.00252. The van der Waals surface area contributed by atoms with Crippen molar-refractivity contribution in [1.29, 1.82) is 0 Å². The number of anilines is 1. The molecule has 0 aliphatic rings. The van der Waals surface area contributed by atoms with Crippen molar-refractivity contribution >= 4 is 23.4 Å². The summed E-state index contributed by atoms with van der Waals surface area (Å²) in [7, 11) is 1.87. The largest absolute Gasteiger partial charge is 0.388 e. The number of hydrogen-bond acceptors (Lipinski definition) is 3. The molecule has 0 aliphatic carbocycles. The number of amides is 1. The van der Waals surface area contributed by atoms with Gasteiger partial charge in [-0.05, 0) is 50.8 Å². The van der Waals surface area contributed by atoms with Gasteiger partial charge in [0.05, 0.1) is 0 Å². The van der Waals surface area contributed by atoms with Gasteiger partial charge in [0.1, 0.15) is 0 Å². The van der Waals surface area contributed by atoms with E-state index >= 15 is 0 Å². The van der Waals surface area contributed by atoms with Gasteiger partial charge in [0.15, 0.2) is 0 Å². The maximum Gasteiger partial charge on any atom is 0.251 e. The smallest absolute Gasteiger partial charge is 0.251 e. The number of thioether (sulfide) groups is 1. The van der Waals surface area contributed by atoms with Crippen LogP contribution in [-0.4, -0.2) is 30.5 Å². The third-order valence-corrected chi connectivity index (χ3v) is 4.24. The van der Waals surface area contributed by atoms with E-state index in [0.29, 0.717) is 6.54 Å². The van der Waals surface area contributed by atoms with Crippen LogP contribution in [0.3, 0.4) is 0 Å². The third kappa shape index (κ3) is 3.95. The molecule has 100 valence electrons. The molecule has 0 radical (unpaired) electrons. The molecule has 0 saturated carbocycles. The summed E-state index contributed by atoms with van der Waals surface area (Å²) >= 11 is 1.75. The van der Waals surface area contributed by atoms with Gasteiger partial charge in [-0.15, -0.1) is 0 Å². The highest BCUT2D eigenvalue weighted by atomic mass is 32.2. The molecule has 2 N–H and O–H groups in total. The Kier molecular flexibility index (Phi) is 5.08. The van der Waals surface area contributed by atoms with Gasteiger partial charge in [-0.3, -0.25) is 4.79 Å². The van der Waals surface area contributed by atoms with Gasteiger partial charge in [-0.1, -0.05) is 0 Å². The van der Waals surface area contributed by atoms with E-state index in [2.05, 4.69) is 30.7 Å². The van der Waals surface area contributed by atoms with Crippen molar-refractivity contribution in [2.24, 2.45) is 0 Å². The second-order valence-electron chi connectivity index (χ2n) is 4.93. The molecule has 0 unspecified atom stereocenters. The molecular formula is C14H22N2OS. The highest BCUT2D eigenvalue weighted by Crippen LogP contribution is 2.20. The lowest BCUT2D eigenvalue weighted by molar-refractivity contribution is 0.0950. The minimum Gasteiger partial charge on any atom is -0.388 e. The molecule has 0 spiro atoms. The summed E-state index contributed by atoms with van der Waals surface area (Å²) < 4.78 is 0.0640. The molecule has 0 heterocycles. The molecule has 0 bridgehead atoms. The predicted molar refractivity (Wildman–Crippen MR) is 80.7 cm³/mol. The lowest BCUT2D eigenvalue weighted by Crippen LogP contribution is -2.36. The number of rotatable bonds is 5. The molecule has 1 rings (SSSR count). The van der Waals surface area contributed by atoms with E-state index in [4.69, 9.17) is 0 Å². The van der Waals surface area contributed by atoms with E-state index in [-0.39, 0.29) is 10.7 Å². The second kappa shape index (κ2) is 6.14. The molecule has 0 fully saturated rings. The average Bonchev–Trinajstić information content (AvgIpc) is 2.36. The van der Waals surface area contributed by atoms with Gasteiger partial charge in [0.25, 0.3) is 5.91 Å². The van der Waals surface area contributed by atoms with Crippen molar-refractivity contribution in [3.05, 3.63) is 29.3 Å². The maximum absolute atomic E-state index is 12.1. The lowest BCUT2D eigenvalue weighted by Gasteiger charge is -2.22.